The third-order valence-electron chi connectivity index (χ3n) is 2.85. The van der Waals surface area contributed by atoms with Gasteiger partial charge in [0, 0.05) is 0 Å². The SMILES string of the molecule is C=Cc1ccc(C[SiH2]N(C)C(C)C)cc1. The monoisotopic (exact) mass is 219 g/mol. The largest absolute Gasteiger partial charge is 0.329 e. The van der Waals surface area contributed by atoms with Crippen LogP contribution in [-0.4, -0.2) is 27.3 Å². The second kappa shape index (κ2) is 5.88. The maximum absolute atomic E-state index is 3.76. The second-order valence-electron chi connectivity index (χ2n) is 4.27. The van der Waals surface area contributed by atoms with Gasteiger partial charge in [-0.05, 0) is 30.3 Å². The van der Waals surface area contributed by atoms with Crippen LogP contribution in [0.3, 0.4) is 0 Å². The summed E-state index contributed by atoms with van der Waals surface area (Å²) < 4.78 is 2.50. The summed E-state index contributed by atoms with van der Waals surface area (Å²) in [6, 6.07) is 10.7. The molecule has 0 aromatic heterocycles. The van der Waals surface area contributed by atoms with Gasteiger partial charge < -0.3 is 4.57 Å². The van der Waals surface area contributed by atoms with Crippen molar-refractivity contribution in [2.75, 3.05) is 7.05 Å². The van der Waals surface area contributed by atoms with Crippen LogP contribution < -0.4 is 0 Å². The Kier molecular flexibility index (Phi) is 4.79. The molecule has 0 fully saturated rings. The highest BCUT2D eigenvalue weighted by Crippen LogP contribution is 2.06. The minimum Gasteiger partial charge on any atom is -0.329 e. The van der Waals surface area contributed by atoms with Crippen molar-refractivity contribution in [2.45, 2.75) is 25.9 Å². The third kappa shape index (κ3) is 4.02. The summed E-state index contributed by atoms with van der Waals surface area (Å²) in [4.78, 5) is 0. The number of hydrogen-bond acceptors (Lipinski definition) is 1. The molecule has 0 N–H and O–H groups in total. The number of nitrogens with zero attached hydrogens (tertiary/aromatic N) is 1. The molecule has 0 spiro atoms. The molecule has 1 aromatic carbocycles. The van der Waals surface area contributed by atoms with Crippen LogP contribution in [0.5, 0.6) is 0 Å². The highest BCUT2D eigenvalue weighted by molar-refractivity contribution is 6.31. The minimum absolute atomic E-state index is 0.121. The molecule has 1 aromatic rings. The van der Waals surface area contributed by atoms with E-state index in [0.717, 1.165) is 0 Å². The summed E-state index contributed by atoms with van der Waals surface area (Å²) in [7, 11) is 2.11. The first-order valence-electron chi connectivity index (χ1n) is 5.55. The third-order valence-corrected chi connectivity index (χ3v) is 5.09. The molecule has 2 heteroatoms. The van der Waals surface area contributed by atoms with Gasteiger partial charge in [0.1, 0.15) is 0 Å². The van der Waals surface area contributed by atoms with Gasteiger partial charge in [-0.2, -0.15) is 0 Å². The minimum atomic E-state index is -0.121. The molecule has 0 heterocycles. The summed E-state index contributed by atoms with van der Waals surface area (Å²) in [5, 5.41) is 0. The molecule has 15 heavy (non-hydrogen) atoms. The average molecular weight is 219 g/mol. The topological polar surface area (TPSA) is 3.24 Å². The predicted molar refractivity (Wildman–Crippen MR) is 71.7 cm³/mol. The fourth-order valence-corrected chi connectivity index (χ4v) is 2.84. The van der Waals surface area contributed by atoms with E-state index in [2.05, 4.69) is 56.3 Å². The van der Waals surface area contributed by atoms with Crippen LogP contribution in [0.25, 0.3) is 6.08 Å². The van der Waals surface area contributed by atoms with Crippen LogP contribution >= 0.6 is 0 Å². The first-order chi connectivity index (χ1) is 7.13. The molecule has 0 saturated heterocycles. The maximum atomic E-state index is 3.76. The summed E-state index contributed by atoms with van der Waals surface area (Å²) >= 11 is 0. The molecule has 1 nitrogen and oxygen atoms in total. The number of benzene rings is 1. The van der Waals surface area contributed by atoms with E-state index in [1.54, 1.807) is 0 Å². The Labute approximate surface area is 95.7 Å². The fraction of sp³-hybridized carbons (Fsp3) is 0.385. The van der Waals surface area contributed by atoms with Gasteiger partial charge in [-0.1, -0.05) is 50.8 Å². The molecule has 82 valence electrons. The number of rotatable bonds is 5. The molecule has 0 aliphatic heterocycles. The van der Waals surface area contributed by atoms with Gasteiger partial charge in [-0.15, -0.1) is 0 Å². The Bertz CT molecular complexity index is 303. The number of hydrogen-bond donors (Lipinski definition) is 0. The standard InChI is InChI=1S/C13H21NSi/c1-5-12-6-8-13(9-7-12)10-15-14(4)11(2)3/h5-9,11H,1,10,15H2,2-4H3. The Morgan fingerprint density at radius 1 is 1.33 bits per heavy atom. The Morgan fingerprint density at radius 2 is 1.93 bits per heavy atom. The van der Waals surface area contributed by atoms with E-state index in [1.165, 1.54) is 17.2 Å². The lowest BCUT2D eigenvalue weighted by Gasteiger charge is -2.20. The van der Waals surface area contributed by atoms with Gasteiger partial charge in [-0.25, -0.2) is 0 Å². The van der Waals surface area contributed by atoms with Crippen molar-refractivity contribution in [1.82, 2.24) is 4.57 Å². The van der Waals surface area contributed by atoms with Crippen LogP contribution in [-0.2, 0) is 6.04 Å². The first kappa shape index (κ1) is 12.2. The van der Waals surface area contributed by atoms with Crippen molar-refractivity contribution in [1.29, 1.82) is 0 Å². The normalized spacial score (nSPS) is 11.8. The Hall–Kier alpha value is -0.863. The van der Waals surface area contributed by atoms with Crippen LogP contribution in [0.2, 0.25) is 0 Å². The second-order valence-corrected chi connectivity index (χ2v) is 6.21. The van der Waals surface area contributed by atoms with E-state index in [0.29, 0.717) is 6.04 Å². The smallest absolute Gasteiger partial charge is 0.0993 e. The molecular weight excluding hydrogens is 198 g/mol. The Balaban J connectivity index is 2.47. The van der Waals surface area contributed by atoms with Crippen molar-refractivity contribution in [2.24, 2.45) is 0 Å². The quantitative estimate of drug-likeness (QED) is 0.687. The zero-order valence-corrected chi connectivity index (χ0v) is 11.4. The lowest BCUT2D eigenvalue weighted by Crippen LogP contribution is -2.31. The summed E-state index contributed by atoms with van der Waals surface area (Å²) in [5.74, 6) is 0. The van der Waals surface area contributed by atoms with E-state index < -0.39 is 0 Å². The molecule has 0 aliphatic rings. The molecule has 0 amide bonds. The van der Waals surface area contributed by atoms with Crippen LogP contribution in [0.15, 0.2) is 30.8 Å². The Morgan fingerprint density at radius 3 is 2.40 bits per heavy atom. The van der Waals surface area contributed by atoms with Crippen molar-refractivity contribution >= 4 is 15.8 Å². The van der Waals surface area contributed by atoms with Gasteiger partial charge in [0.25, 0.3) is 0 Å². The van der Waals surface area contributed by atoms with Gasteiger partial charge in [-0.3, -0.25) is 0 Å². The van der Waals surface area contributed by atoms with E-state index in [-0.39, 0.29) is 9.68 Å². The van der Waals surface area contributed by atoms with Gasteiger partial charge >= 0.3 is 0 Å². The average Bonchev–Trinajstić information content (AvgIpc) is 2.26. The lowest BCUT2D eigenvalue weighted by molar-refractivity contribution is 0.440. The molecule has 0 radical (unpaired) electrons. The van der Waals surface area contributed by atoms with Crippen molar-refractivity contribution in [3.63, 3.8) is 0 Å². The van der Waals surface area contributed by atoms with Gasteiger partial charge in [0.15, 0.2) is 0 Å². The molecular formula is C13H21NSi. The van der Waals surface area contributed by atoms with E-state index in [1.807, 2.05) is 6.08 Å². The molecule has 0 saturated carbocycles. The van der Waals surface area contributed by atoms with Gasteiger partial charge in [0.2, 0.25) is 0 Å². The van der Waals surface area contributed by atoms with Crippen LogP contribution in [0.1, 0.15) is 25.0 Å². The highest BCUT2D eigenvalue weighted by Gasteiger charge is 2.03. The molecule has 0 atom stereocenters. The zero-order chi connectivity index (χ0) is 11.3. The predicted octanol–water partition coefficient (Wildman–Crippen LogP) is 2.25. The lowest BCUT2D eigenvalue weighted by atomic mass is 10.1. The van der Waals surface area contributed by atoms with Crippen molar-refractivity contribution in [3.8, 4) is 0 Å². The summed E-state index contributed by atoms with van der Waals surface area (Å²) in [5.41, 5.74) is 2.66. The molecule has 1 rings (SSSR count). The van der Waals surface area contributed by atoms with Crippen molar-refractivity contribution in [3.05, 3.63) is 42.0 Å². The van der Waals surface area contributed by atoms with E-state index in [4.69, 9.17) is 0 Å². The summed E-state index contributed by atoms with van der Waals surface area (Å²) in [6.07, 6.45) is 1.89. The van der Waals surface area contributed by atoms with Crippen LogP contribution in [0, 0.1) is 0 Å². The van der Waals surface area contributed by atoms with Crippen molar-refractivity contribution < 1.29 is 0 Å². The molecule has 0 unspecified atom stereocenters. The molecule has 0 aliphatic carbocycles. The fourth-order valence-electron chi connectivity index (χ4n) is 1.38. The zero-order valence-electron chi connectivity index (χ0n) is 10.0. The van der Waals surface area contributed by atoms with Gasteiger partial charge in [0.05, 0.1) is 9.68 Å². The molecule has 0 bridgehead atoms. The highest BCUT2D eigenvalue weighted by atomic mass is 28.2. The summed E-state index contributed by atoms with van der Waals surface area (Å²) in [6.45, 7) is 8.27. The first-order valence-corrected chi connectivity index (χ1v) is 7.18. The van der Waals surface area contributed by atoms with E-state index >= 15 is 0 Å². The van der Waals surface area contributed by atoms with E-state index in [9.17, 15) is 0 Å². The van der Waals surface area contributed by atoms with Crippen LogP contribution in [0.4, 0.5) is 0 Å². The maximum Gasteiger partial charge on any atom is 0.0993 e.